The van der Waals surface area contributed by atoms with Crippen LogP contribution in [0, 0.1) is 17.9 Å². The SMILES string of the molecule is Cc1cc[c]c(N=O)c1. The average molecular weight is 120 g/mol. The molecule has 0 aromatic heterocycles. The van der Waals surface area contributed by atoms with Crippen LogP contribution in [-0.4, -0.2) is 0 Å². The number of benzene rings is 1. The van der Waals surface area contributed by atoms with Gasteiger partial charge in [0, 0.05) is 6.07 Å². The van der Waals surface area contributed by atoms with Crippen molar-refractivity contribution in [1.29, 1.82) is 0 Å². The predicted octanol–water partition coefficient (Wildman–Crippen LogP) is 2.19. The standard InChI is InChI=1S/C7H6NO/c1-6-3-2-4-7(5-6)8-9/h2-3,5H,1H3. The Morgan fingerprint density at radius 2 is 2.44 bits per heavy atom. The maximum atomic E-state index is 9.88. The molecule has 1 aromatic rings. The Morgan fingerprint density at radius 3 is 2.89 bits per heavy atom. The third kappa shape index (κ3) is 1.35. The summed E-state index contributed by atoms with van der Waals surface area (Å²) in [5.41, 5.74) is 1.40. The van der Waals surface area contributed by atoms with Crippen LogP contribution in [-0.2, 0) is 0 Å². The lowest BCUT2D eigenvalue weighted by molar-refractivity contribution is 1.41. The molecule has 2 heteroatoms. The van der Waals surface area contributed by atoms with Crippen LogP contribution >= 0.6 is 0 Å². The molecule has 0 unspecified atom stereocenters. The summed E-state index contributed by atoms with van der Waals surface area (Å²) >= 11 is 0. The van der Waals surface area contributed by atoms with Crippen LogP contribution in [0.5, 0.6) is 0 Å². The molecular weight excluding hydrogens is 114 g/mol. The van der Waals surface area contributed by atoms with Gasteiger partial charge in [0.2, 0.25) is 0 Å². The van der Waals surface area contributed by atoms with Crippen molar-refractivity contribution in [1.82, 2.24) is 0 Å². The lowest BCUT2D eigenvalue weighted by Crippen LogP contribution is -1.67. The summed E-state index contributed by atoms with van der Waals surface area (Å²) in [6.07, 6.45) is 0. The van der Waals surface area contributed by atoms with E-state index in [0.717, 1.165) is 5.56 Å². The van der Waals surface area contributed by atoms with Crippen LogP contribution in [0.15, 0.2) is 23.4 Å². The molecule has 0 aliphatic carbocycles. The second kappa shape index (κ2) is 2.40. The Bertz CT molecular complexity index is 220. The van der Waals surface area contributed by atoms with Crippen LogP contribution < -0.4 is 0 Å². The first-order valence-corrected chi connectivity index (χ1v) is 2.64. The van der Waals surface area contributed by atoms with Gasteiger partial charge in [0.05, 0.1) is 0 Å². The first-order valence-electron chi connectivity index (χ1n) is 2.64. The van der Waals surface area contributed by atoms with Gasteiger partial charge in [-0.2, -0.15) is 0 Å². The van der Waals surface area contributed by atoms with E-state index >= 15 is 0 Å². The Balaban J connectivity index is 3.07. The zero-order chi connectivity index (χ0) is 6.69. The molecule has 0 aliphatic rings. The minimum absolute atomic E-state index is 0.370. The van der Waals surface area contributed by atoms with Gasteiger partial charge in [-0.1, -0.05) is 12.1 Å². The number of hydrogen-bond donors (Lipinski definition) is 0. The molecular formula is C7H6NO. The lowest BCUT2D eigenvalue weighted by atomic mass is 10.2. The normalized spacial score (nSPS) is 9.00. The second-order valence-corrected chi connectivity index (χ2v) is 1.84. The van der Waals surface area contributed by atoms with Gasteiger partial charge in [-0.05, 0) is 23.7 Å². The fraction of sp³-hybridized carbons (Fsp3) is 0.143. The van der Waals surface area contributed by atoms with Gasteiger partial charge in [-0.3, -0.25) is 0 Å². The molecule has 0 bridgehead atoms. The van der Waals surface area contributed by atoms with E-state index < -0.39 is 0 Å². The molecule has 45 valence electrons. The van der Waals surface area contributed by atoms with Crippen LogP contribution in [0.1, 0.15) is 5.56 Å². The van der Waals surface area contributed by atoms with Crippen molar-refractivity contribution in [3.8, 4) is 0 Å². The minimum Gasteiger partial charge on any atom is -0.145 e. The molecule has 1 radical (unpaired) electrons. The third-order valence-corrected chi connectivity index (χ3v) is 1.04. The van der Waals surface area contributed by atoms with Gasteiger partial charge in [0.1, 0.15) is 5.69 Å². The molecule has 2 nitrogen and oxygen atoms in total. The van der Waals surface area contributed by atoms with Gasteiger partial charge >= 0.3 is 0 Å². The van der Waals surface area contributed by atoms with Crippen molar-refractivity contribution >= 4 is 5.69 Å². The van der Waals surface area contributed by atoms with Crippen molar-refractivity contribution in [2.24, 2.45) is 5.18 Å². The molecule has 1 aromatic carbocycles. The highest BCUT2D eigenvalue weighted by atomic mass is 16.3. The Hall–Kier alpha value is -1.18. The molecule has 0 saturated carbocycles. The van der Waals surface area contributed by atoms with E-state index in [-0.39, 0.29) is 0 Å². The molecule has 0 heterocycles. The van der Waals surface area contributed by atoms with Crippen molar-refractivity contribution in [2.75, 3.05) is 0 Å². The highest BCUT2D eigenvalue weighted by molar-refractivity contribution is 5.37. The Morgan fingerprint density at radius 1 is 1.67 bits per heavy atom. The van der Waals surface area contributed by atoms with E-state index in [1.165, 1.54) is 0 Å². The predicted molar refractivity (Wildman–Crippen MR) is 35.5 cm³/mol. The molecule has 0 atom stereocenters. The fourth-order valence-electron chi connectivity index (χ4n) is 0.617. The third-order valence-electron chi connectivity index (χ3n) is 1.04. The van der Waals surface area contributed by atoms with E-state index in [0.29, 0.717) is 5.69 Å². The average Bonchev–Trinajstić information content (AvgIpc) is 1.88. The second-order valence-electron chi connectivity index (χ2n) is 1.84. The maximum Gasteiger partial charge on any atom is 0.116 e. The quantitative estimate of drug-likeness (QED) is 0.522. The molecule has 0 saturated heterocycles. The summed E-state index contributed by atoms with van der Waals surface area (Å²) in [5.74, 6) is 0. The van der Waals surface area contributed by atoms with Crippen molar-refractivity contribution < 1.29 is 0 Å². The molecule has 0 N–H and O–H groups in total. The maximum absolute atomic E-state index is 9.88. The van der Waals surface area contributed by atoms with Gasteiger partial charge in [-0.25, -0.2) is 0 Å². The topological polar surface area (TPSA) is 29.4 Å². The fourth-order valence-corrected chi connectivity index (χ4v) is 0.617. The molecule has 0 aliphatic heterocycles. The molecule has 0 spiro atoms. The van der Waals surface area contributed by atoms with Gasteiger partial charge in [-0.15, -0.1) is 4.91 Å². The van der Waals surface area contributed by atoms with E-state index in [9.17, 15) is 4.91 Å². The monoisotopic (exact) mass is 120 g/mol. The summed E-state index contributed by atoms with van der Waals surface area (Å²) in [6.45, 7) is 1.91. The minimum atomic E-state index is 0.370. The van der Waals surface area contributed by atoms with E-state index in [1.807, 2.05) is 13.0 Å². The summed E-state index contributed by atoms with van der Waals surface area (Å²) in [6, 6.07) is 7.92. The van der Waals surface area contributed by atoms with Crippen LogP contribution in [0.4, 0.5) is 5.69 Å². The first-order chi connectivity index (χ1) is 4.33. The molecule has 0 amide bonds. The van der Waals surface area contributed by atoms with Crippen LogP contribution in [0.25, 0.3) is 0 Å². The highest BCUT2D eigenvalue weighted by Gasteiger charge is 1.88. The molecule has 0 fully saturated rings. The zero-order valence-electron chi connectivity index (χ0n) is 5.09. The van der Waals surface area contributed by atoms with Crippen LogP contribution in [0.3, 0.4) is 0 Å². The Kier molecular flexibility index (Phi) is 1.58. The van der Waals surface area contributed by atoms with Crippen LogP contribution in [0.2, 0.25) is 0 Å². The largest absolute Gasteiger partial charge is 0.145 e. The number of aryl methyl sites for hydroxylation is 1. The van der Waals surface area contributed by atoms with Gasteiger partial charge in [0.15, 0.2) is 0 Å². The molecule has 9 heavy (non-hydrogen) atoms. The Labute approximate surface area is 53.5 Å². The summed E-state index contributed by atoms with van der Waals surface area (Å²) in [4.78, 5) is 9.88. The molecule has 1 rings (SSSR count). The zero-order valence-corrected chi connectivity index (χ0v) is 5.09. The lowest BCUT2D eigenvalue weighted by Gasteiger charge is -1.88. The van der Waals surface area contributed by atoms with E-state index in [1.54, 1.807) is 12.1 Å². The van der Waals surface area contributed by atoms with E-state index in [4.69, 9.17) is 0 Å². The summed E-state index contributed by atoms with van der Waals surface area (Å²) in [5, 5.41) is 2.73. The van der Waals surface area contributed by atoms with Gasteiger partial charge in [0.25, 0.3) is 0 Å². The smallest absolute Gasteiger partial charge is 0.116 e. The number of hydrogen-bond acceptors (Lipinski definition) is 2. The number of rotatable bonds is 1. The first kappa shape index (κ1) is 5.95. The summed E-state index contributed by atoms with van der Waals surface area (Å²) in [7, 11) is 0. The summed E-state index contributed by atoms with van der Waals surface area (Å²) < 4.78 is 0. The van der Waals surface area contributed by atoms with Crippen molar-refractivity contribution in [3.05, 3.63) is 34.7 Å². The van der Waals surface area contributed by atoms with Gasteiger partial charge < -0.3 is 0 Å². The van der Waals surface area contributed by atoms with E-state index in [2.05, 4.69) is 11.2 Å². The number of nitroso groups, excluding NO2 is 1. The number of nitrogens with zero attached hydrogens (tertiary/aromatic N) is 1. The van der Waals surface area contributed by atoms with Crippen molar-refractivity contribution in [3.63, 3.8) is 0 Å². The van der Waals surface area contributed by atoms with Crippen molar-refractivity contribution in [2.45, 2.75) is 6.92 Å². The highest BCUT2D eigenvalue weighted by Crippen LogP contribution is 2.10.